The highest BCUT2D eigenvalue weighted by atomic mass is 35.5. The molecule has 202 valence electrons. The average molecular weight is 586 g/mol. The number of anilines is 1. The van der Waals surface area contributed by atoms with Gasteiger partial charge >= 0.3 is 0 Å². The Hall–Kier alpha value is -3.79. The van der Waals surface area contributed by atoms with Gasteiger partial charge in [0.05, 0.1) is 33.9 Å². The molecule has 0 aliphatic carbocycles. The van der Waals surface area contributed by atoms with Crippen molar-refractivity contribution in [2.24, 2.45) is 5.10 Å². The molecule has 0 atom stereocenters. The molecule has 0 spiro atoms. The van der Waals surface area contributed by atoms with Gasteiger partial charge in [0, 0.05) is 17.0 Å². The number of ether oxygens (including phenoxy) is 1. The van der Waals surface area contributed by atoms with Gasteiger partial charge in [0.25, 0.3) is 5.91 Å². The molecule has 1 amide bonds. The Labute approximate surface area is 237 Å². The second-order valence-electron chi connectivity index (χ2n) is 8.71. The maximum atomic E-state index is 12.6. The summed E-state index contributed by atoms with van der Waals surface area (Å²) in [5.41, 5.74) is 5.94. The van der Waals surface area contributed by atoms with Crippen molar-refractivity contribution in [3.05, 3.63) is 106 Å². The minimum atomic E-state index is -3.76. The van der Waals surface area contributed by atoms with Gasteiger partial charge in [0.2, 0.25) is 10.0 Å². The third-order valence-corrected chi connectivity index (χ3v) is 7.78. The number of carbonyl (C=O) groups excluding carboxylic acids is 1. The fourth-order valence-corrected chi connectivity index (χ4v) is 5.24. The third-order valence-electron chi connectivity index (χ3n) is 5.83. The molecule has 39 heavy (non-hydrogen) atoms. The number of hydrazone groups is 1. The van der Waals surface area contributed by atoms with E-state index < -0.39 is 22.5 Å². The van der Waals surface area contributed by atoms with E-state index in [4.69, 9.17) is 27.9 Å². The van der Waals surface area contributed by atoms with Gasteiger partial charge < -0.3 is 9.30 Å². The number of para-hydroxylation sites is 1. The van der Waals surface area contributed by atoms with E-state index in [1.807, 2.05) is 66.9 Å². The Morgan fingerprint density at radius 1 is 1.00 bits per heavy atom. The molecule has 0 saturated heterocycles. The van der Waals surface area contributed by atoms with Gasteiger partial charge in [0.1, 0.15) is 18.0 Å². The Morgan fingerprint density at radius 2 is 1.67 bits per heavy atom. The van der Waals surface area contributed by atoms with Crippen molar-refractivity contribution in [2.45, 2.75) is 13.8 Å². The first-order chi connectivity index (χ1) is 18.5. The summed E-state index contributed by atoms with van der Waals surface area (Å²) < 4.78 is 33.6. The number of amides is 1. The molecule has 0 unspecified atom stereocenters. The predicted octanol–water partition coefficient (Wildman–Crippen LogP) is 6.11. The lowest BCUT2D eigenvalue weighted by molar-refractivity contribution is -0.119. The van der Waals surface area contributed by atoms with Crippen molar-refractivity contribution in [1.29, 1.82) is 0 Å². The van der Waals surface area contributed by atoms with E-state index in [1.54, 1.807) is 30.3 Å². The van der Waals surface area contributed by atoms with Crippen LogP contribution >= 0.6 is 23.2 Å². The molecule has 3 aromatic carbocycles. The zero-order valence-corrected chi connectivity index (χ0v) is 23.8. The van der Waals surface area contributed by atoms with E-state index in [9.17, 15) is 13.2 Å². The summed E-state index contributed by atoms with van der Waals surface area (Å²) in [5.74, 6) is 0.580. The van der Waals surface area contributed by atoms with Crippen molar-refractivity contribution in [2.75, 3.05) is 17.1 Å². The van der Waals surface area contributed by atoms with Crippen LogP contribution in [0.15, 0.2) is 84.0 Å². The number of nitrogens with zero attached hydrogens (tertiary/aromatic N) is 3. The van der Waals surface area contributed by atoms with Crippen LogP contribution < -0.4 is 14.5 Å². The number of rotatable bonds is 9. The molecule has 1 heterocycles. The standard InChI is InChI=1S/C28H26Cl2N4O4S/c1-19-16-21(20(2)34(19)26-11-7-10-25(29)28(26)30)17-31-32-27(35)18-33(39(3,36)37)22-12-14-24(15-13-22)38-23-8-5-4-6-9-23/h4-17H,18H2,1-3H3,(H,32,35)/b31-17-. The minimum absolute atomic E-state index is 0.319. The number of benzene rings is 3. The van der Waals surface area contributed by atoms with Gasteiger partial charge in [-0.05, 0) is 68.4 Å². The van der Waals surface area contributed by atoms with Crippen LogP contribution in [-0.4, -0.2) is 37.9 Å². The first-order valence-corrected chi connectivity index (χ1v) is 14.4. The molecular weight excluding hydrogens is 559 g/mol. The highest BCUT2D eigenvalue weighted by Crippen LogP contribution is 2.31. The van der Waals surface area contributed by atoms with E-state index in [-0.39, 0.29) is 0 Å². The summed E-state index contributed by atoms with van der Waals surface area (Å²) in [6.07, 6.45) is 2.53. The molecule has 0 aliphatic heterocycles. The van der Waals surface area contributed by atoms with Crippen LogP contribution in [0.5, 0.6) is 11.5 Å². The number of hydrogen-bond acceptors (Lipinski definition) is 5. The zero-order chi connectivity index (χ0) is 28.2. The summed E-state index contributed by atoms with van der Waals surface area (Å²) >= 11 is 12.6. The highest BCUT2D eigenvalue weighted by Gasteiger charge is 2.21. The lowest BCUT2D eigenvalue weighted by Crippen LogP contribution is -2.39. The molecule has 0 radical (unpaired) electrons. The number of nitrogens with one attached hydrogen (secondary N) is 1. The fourth-order valence-electron chi connectivity index (χ4n) is 4.00. The monoisotopic (exact) mass is 584 g/mol. The van der Waals surface area contributed by atoms with Gasteiger partial charge in [-0.25, -0.2) is 13.8 Å². The number of aryl methyl sites for hydroxylation is 1. The molecule has 0 fully saturated rings. The predicted molar refractivity (Wildman–Crippen MR) is 156 cm³/mol. The van der Waals surface area contributed by atoms with Crippen LogP contribution in [0.25, 0.3) is 5.69 Å². The van der Waals surface area contributed by atoms with Crippen LogP contribution in [0.3, 0.4) is 0 Å². The molecule has 0 aliphatic rings. The maximum Gasteiger partial charge on any atom is 0.260 e. The first-order valence-electron chi connectivity index (χ1n) is 11.8. The number of sulfonamides is 1. The minimum Gasteiger partial charge on any atom is -0.457 e. The number of aromatic nitrogens is 1. The quantitative estimate of drug-likeness (QED) is 0.190. The van der Waals surface area contributed by atoms with Crippen molar-refractivity contribution >= 4 is 51.0 Å². The topological polar surface area (TPSA) is 93.0 Å². The second kappa shape index (κ2) is 11.9. The molecule has 4 aromatic rings. The largest absolute Gasteiger partial charge is 0.457 e. The SMILES string of the molecule is Cc1cc(/C=N\NC(=O)CN(c2ccc(Oc3ccccc3)cc2)S(C)(=O)=O)c(C)n1-c1cccc(Cl)c1Cl. The Balaban J connectivity index is 1.45. The highest BCUT2D eigenvalue weighted by molar-refractivity contribution is 7.92. The normalized spacial score (nSPS) is 11.5. The van der Waals surface area contributed by atoms with Crippen molar-refractivity contribution < 1.29 is 17.9 Å². The molecule has 1 N–H and O–H groups in total. The van der Waals surface area contributed by atoms with Crippen LogP contribution in [0.4, 0.5) is 5.69 Å². The molecule has 0 saturated carbocycles. The van der Waals surface area contributed by atoms with Crippen molar-refractivity contribution in [3.8, 4) is 17.2 Å². The molecule has 4 rings (SSSR count). The van der Waals surface area contributed by atoms with Crippen LogP contribution in [0, 0.1) is 13.8 Å². The van der Waals surface area contributed by atoms with E-state index in [2.05, 4.69) is 10.5 Å². The van der Waals surface area contributed by atoms with Crippen molar-refractivity contribution in [3.63, 3.8) is 0 Å². The van der Waals surface area contributed by atoms with Crippen LogP contribution in [0.2, 0.25) is 10.0 Å². The summed E-state index contributed by atoms with van der Waals surface area (Å²) in [6.45, 7) is 3.36. The summed E-state index contributed by atoms with van der Waals surface area (Å²) in [6, 6.07) is 22.9. The summed E-state index contributed by atoms with van der Waals surface area (Å²) in [7, 11) is -3.76. The molecule has 1 aromatic heterocycles. The first kappa shape index (κ1) is 28.2. The Morgan fingerprint density at radius 3 is 2.33 bits per heavy atom. The zero-order valence-electron chi connectivity index (χ0n) is 21.4. The van der Waals surface area contributed by atoms with Gasteiger partial charge in [-0.3, -0.25) is 9.10 Å². The molecule has 11 heteroatoms. The number of hydrogen-bond donors (Lipinski definition) is 1. The maximum absolute atomic E-state index is 12.6. The molecule has 8 nitrogen and oxygen atoms in total. The number of halogens is 2. The fraction of sp³-hybridized carbons (Fsp3) is 0.143. The smallest absolute Gasteiger partial charge is 0.260 e. The molecule has 0 bridgehead atoms. The van der Waals surface area contributed by atoms with Crippen LogP contribution in [0.1, 0.15) is 17.0 Å². The number of carbonyl (C=O) groups is 1. The van der Waals surface area contributed by atoms with E-state index in [0.29, 0.717) is 27.2 Å². The summed E-state index contributed by atoms with van der Waals surface area (Å²) in [4.78, 5) is 12.6. The Kier molecular flexibility index (Phi) is 8.64. The van der Waals surface area contributed by atoms with E-state index >= 15 is 0 Å². The average Bonchev–Trinajstić information content (AvgIpc) is 3.17. The molecular formula is C28H26Cl2N4O4S. The van der Waals surface area contributed by atoms with Crippen molar-refractivity contribution in [1.82, 2.24) is 9.99 Å². The van der Waals surface area contributed by atoms with Gasteiger partial charge in [-0.1, -0.05) is 47.5 Å². The Bertz CT molecular complexity index is 1620. The van der Waals surface area contributed by atoms with Gasteiger partial charge in [-0.2, -0.15) is 5.10 Å². The lowest BCUT2D eigenvalue weighted by atomic mass is 10.2. The lowest BCUT2D eigenvalue weighted by Gasteiger charge is -2.21. The van der Waals surface area contributed by atoms with Gasteiger partial charge in [0.15, 0.2) is 0 Å². The summed E-state index contributed by atoms with van der Waals surface area (Å²) in [5, 5.41) is 4.91. The second-order valence-corrected chi connectivity index (χ2v) is 11.4. The van der Waals surface area contributed by atoms with Crippen LogP contribution in [-0.2, 0) is 14.8 Å². The van der Waals surface area contributed by atoms with Gasteiger partial charge in [-0.15, -0.1) is 0 Å². The third kappa shape index (κ3) is 6.81. The van der Waals surface area contributed by atoms with E-state index in [1.165, 1.54) is 6.21 Å². The van der Waals surface area contributed by atoms with E-state index in [0.717, 1.165) is 33.2 Å².